The smallest absolute Gasteiger partial charge is 0.223 e. The second kappa shape index (κ2) is 6.53. The van der Waals surface area contributed by atoms with Crippen LogP contribution in [0, 0.1) is 11.8 Å². The van der Waals surface area contributed by atoms with Crippen LogP contribution in [-0.2, 0) is 9.53 Å². The van der Waals surface area contributed by atoms with E-state index in [1.54, 1.807) is 0 Å². The predicted molar refractivity (Wildman–Crippen MR) is 71.1 cm³/mol. The number of hydrogen-bond acceptors (Lipinski definition) is 3. The zero-order valence-corrected chi connectivity index (χ0v) is 11.4. The third-order valence-corrected chi connectivity index (χ3v) is 4.40. The minimum Gasteiger partial charge on any atom is -0.378 e. The van der Waals surface area contributed by atoms with E-state index in [1.165, 1.54) is 0 Å². The van der Waals surface area contributed by atoms with Gasteiger partial charge in [-0.1, -0.05) is 6.92 Å². The number of rotatable bonds is 4. The van der Waals surface area contributed by atoms with Gasteiger partial charge in [-0.05, 0) is 44.4 Å². The van der Waals surface area contributed by atoms with Crippen molar-refractivity contribution in [3.8, 4) is 0 Å². The van der Waals surface area contributed by atoms with E-state index in [9.17, 15) is 4.79 Å². The van der Waals surface area contributed by atoms with E-state index in [4.69, 9.17) is 10.5 Å². The van der Waals surface area contributed by atoms with Gasteiger partial charge in [0, 0.05) is 25.1 Å². The van der Waals surface area contributed by atoms with Gasteiger partial charge in [0.05, 0.1) is 6.10 Å². The van der Waals surface area contributed by atoms with Crippen LogP contribution in [0.1, 0.15) is 45.4 Å². The van der Waals surface area contributed by atoms with Crippen molar-refractivity contribution in [3.05, 3.63) is 0 Å². The Bertz CT molecular complexity index is 277. The fourth-order valence-corrected chi connectivity index (χ4v) is 3.03. The Morgan fingerprint density at radius 2 is 2.22 bits per heavy atom. The second-order valence-corrected chi connectivity index (χ2v) is 5.87. The Balaban J connectivity index is 1.64. The monoisotopic (exact) mass is 254 g/mol. The number of nitrogens with two attached hydrogens (primary N) is 1. The first-order valence-electron chi connectivity index (χ1n) is 7.31. The molecule has 2 fully saturated rings. The maximum absolute atomic E-state index is 12.0. The lowest BCUT2D eigenvalue weighted by molar-refractivity contribution is -0.126. The number of carbonyl (C=O) groups excluding carboxylic acids is 1. The summed E-state index contributed by atoms with van der Waals surface area (Å²) in [5.41, 5.74) is 5.98. The molecule has 0 aromatic carbocycles. The second-order valence-electron chi connectivity index (χ2n) is 5.87. The van der Waals surface area contributed by atoms with E-state index >= 15 is 0 Å². The van der Waals surface area contributed by atoms with E-state index in [1.807, 2.05) is 0 Å². The van der Waals surface area contributed by atoms with Gasteiger partial charge in [0.2, 0.25) is 5.91 Å². The molecule has 1 saturated heterocycles. The Morgan fingerprint density at radius 1 is 1.39 bits per heavy atom. The summed E-state index contributed by atoms with van der Waals surface area (Å²) in [6.45, 7) is 3.79. The largest absolute Gasteiger partial charge is 0.378 e. The number of ether oxygens (including phenoxy) is 1. The fraction of sp³-hybridized carbons (Fsp3) is 0.929. The van der Waals surface area contributed by atoms with Crippen LogP contribution in [0.3, 0.4) is 0 Å². The summed E-state index contributed by atoms with van der Waals surface area (Å²) in [5.74, 6) is 0.851. The number of hydrogen-bond donors (Lipinski definition) is 2. The summed E-state index contributed by atoms with van der Waals surface area (Å²) in [6.07, 6.45) is 6.48. The average molecular weight is 254 g/mol. The molecular formula is C14H26N2O2. The van der Waals surface area contributed by atoms with E-state index < -0.39 is 0 Å². The van der Waals surface area contributed by atoms with Crippen LogP contribution in [0.2, 0.25) is 0 Å². The van der Waals surface area contributed by atoms with Gasteiger partial charge in [0.1, 0.15) is 0 Å². The van der Waals surface area contributed by atoms with Crippen molar-refractivity contribution in [2.45, 2.75) is 57.6 Å². The van der Waals surface area contributed by atoms with Gasteiger partial charge in [-0.3, -0.25) is 4.79 Å². The SMILES string of the molecule is CC1CC(C(=O)NCCC2CCCO2)CCC1N. The van der Waals surface area contributed by atoms with Crippen molar-refractivity contribution in [3.63, 3.8) is 0 Å². The molecule has 4 unspecified atom stereocenters. The van der Waals surface area contributed by atoms with Gasteiger partial charge in [-0.15, -0.1) is 0 Å². The first kappa shape index (κ1) is 13.8. The molecule has 3 N–H and O–H groups in total. The van der Waals surface area contributed by atoms with Crippen molar-refractivity contribution < 1.29 is 9.53 Å². The lowest BCUT2D eigenvalue weighted by Crippen LogP contribution is -2.41. The predicted octanol–water partition coefficient (Wildman–Crippen LogP) is 1.44. The highest BCUT2D eigenvalue weighted by Gasteiger charge is 2.29. The molecule has 0 spiro atoms. The molecule has 104 valence electrons. The lowest BCUT2D eigenvalue weighted by atomic mass is 9.79. The highest BCUT2D eigenvalue weighted by Crippen LogP contribution is 2.28. The molecule has 0 aromatic heterocycles. The summed E-state index contributed by atoms with van der Waals surface area (Å²) in [7, 11) is 0. The highest BCUT2D eigenvalue weighted by atomic mass is 16.5. The van der Waals surface area contributed by atoms with Crippen molar-refractivity contribution in [2.75, 3.05) is 13.2 Å². The van der Waals surface area contributed by atoms with Gasteiger partial charge in [-0.2, -0.15) is 0 Å². The molecule has 0 bridgehead atoms. The molecule has 1 aliphatic heterocycles. The van der Waals surface area contributed by atoms with Crippen molar-refractivity contribution >= 4 is 5.91 Å². The van der Waals surface area contributed by atoms with Gasteiger partial charge in [0.15, 0.2) is 0 Å². The van der Waals surface area contributed by atoms with Gasteiger partial charge >= 0.3 is 0 Å². The first-order valence-corrected chi connectivity index (χ1v) is 7.31. The van der Waals surface area contributed by atoms with Crippen LogP contribution in [-0.4, -0.2) is 31.2 Å². The van der Waals surface area contributed by atoms with Crippen LogP contribution < -0.4 is 11.1 Å². The molecule has 18 heavy (non-hydrogen) atoms. The summed E-state index contributed by atoms with van der Waals surface area (Å²) >= 11 is 0. The number of nitrogens with one attached hydrogen (secondary N) is 1. The van der Waals surface area contributed by atoms with Gasteiger partial charge in [0.25, 0.3) is 0 Å². The standard InChI is InChI=1S/C14H26N2O2/c1-10-9-11(4-5-13(10)15)14(17)16-7-6-12-3-2-8-18-12/h10-13H,2-9,15H2,1H3,(H,16,17). The maximum atomic E-state index is 12.0. The molecule has 1 aliphatic carbocycles. The molecule has 1 heterocycles. The Hall–Kier alpha value is -0.610. The topological polar surface area (TPSA) is 64.3 Å². The van der Waals surface area contributed by atoms with Crippen LogP contribution in [0.15, 0.2) is 0 Å². The van der Waals surface area contributed by atoms with Gasteiger partial charge < -0.3 is 15.8 Å². The molecule has 1 amide bonds. The third-order valence-electron chi connectivity index (χ3n) is 4.40. The molecule has 0 aromatic rings. The van der Waals surface area contributed by atoms with Crippen LogP contribution in [0.25, 0.3) is 0 Å². The molecular weight excluding hydrogens is 228 g/mol. The highest BCUT2D eigenvalue weighted by molar-refractivity contribution is 5.78. The normalized spacial score (nSPS) is 36.6. The van der Waals surface area contributed by atoms with Crippen molar-refractivity contribution in [1.29, 1.82) is 0 Å². The number of carbonyl (C=O) groups is 1. The molecule has 4 nitrogen and oxygen atoms in total. The van der Waals surface area contributed by atoms with Crippen molar-refractivity contribution in [1.82, 2.24) is 5.32 Å². The zero-order chi connectivity index (χ0) is 13.0. The summed E-state index contributed by atoms with van der Waals surface area (Å²) in [4.78, 5) is 12.0. The fourth-order valence-electron chi connectivity index (χ4n) is 3.03. The molecule has 0 radical (unpaired) electrons. The van der Waals surface area contributed by atoms with E-state index in [-0.39, 0.29) is 17.9 Å². The minimum absolute atomic E-state index is 0.171. The molecule has 2 aliphatic rings. The Labute approximate surface area is 110 Å². The van der Waals surface area contributed by atoms with Crippen LogP contribution in [0.4, 0.5) is 0 Å². The minimum atomic E-state index is 0.171. The maximum Gasteiger partial charge on any atom is 0.223 e. The zero-order valence-electron chi connectivity index (χ0n) is 11.4. The molecule has 1 saturated carbocycles. The van der Waals surface area contributed by atoms with Crippen molar-refractivity contribution in [2.24, 2.45) is 17.6 Å². The average Bonchev–Trinajstić information content (AvgIpc) is 2.85. The third kappa shape index (κ3) is 3.69. The lowest BCUT2D eigenvalue weighted by Gasteiger charge is -2.31. The van der Waals surface area contributed by atoms with E-state index in [2.05, 4.69) is 12.2 Å². The quantitative estimate of drug-likeness (QED) is 0.798. The molecule has 4 atom stereocenters. The summed E-state index contributed by atoms with van der Waals surface area (Å²) in [5, 5.41) is 3.05. The Kier molecular flexibility index (Phi) is 5.01. The van der Waals surface area contributed by atoms with Crippen LogP contribution >= 0.6 is 0 Å². The summed E-state index contributed by atoms with van der Waals surface area (Å²) in [6, 6.07) is 0.279. The Morgan fingerprint density at radius 3 is 2.89 bits per heavy atom. The summed E-state index contributed by atoms with van der Waals surface area (Å²) < 4.78 is 5.54. The number of amides is 1. The van der Waals surface area contributed by atoms with Crippen LogP contribution in [0.5, 0.6) is 0 Å². The molecule has 4 heteroatoms. The van der Waals surface area contributed by atoms with Gasteiger partial charge in [-0.25, -0.2) is 0 Å². The van der Waals surface area contributed by atoms with E-state index in [0.717, 1.165) is 51.7 Å². The molecule has 2 rings (SSSR count). The van der Waals surface area contributed by atoms with E-state index in [0.29, 0.717) is 12.0 Å². The first-order chi connectivity index (χ1) is 8.66.